The maximum absolute atomic E-state index is 12.7. The largest absolute Gasteiger partial charge is 0.368 e. The van der Waals surface area contributed by atoms with Crippen molar-refractivity contribution in [2.45, 2.75) is 6.92 Å². The SMILES string of the molecule is Cc1c(C(=O)Nc2cc(N3CCN(c4ccccc4)CC3)ncn2)cccc1[N+](=O)[O-]. The van der Waals surface area contributed by atoms with Gasteiger partial charge in [-0.1, -0.05) is 24.3 Å². The standard InChI is InChI=1S/C22H22N6O3/c1-16-18(8-5-9-19(16)28(30)31)22(29)25-20-14-21(24-15-23-20)27-12-10-26(11-13-27)17-6-3-2-4-7-17/h2-9,14-15H,10-13H2,1H3,(H,23,24,25,29). The lowest BCUT2D eigenvalue weighted by atomic mass is 10.1. The minimum Gasteiger partial charge on any atom is -0.368 e. The summed E-state index contributed by atoms with van der Waals surface area (Å²) in [5.74, 6) is 0.639. The fourth-order valence-electron chi connectivity index (χ4n) is 3.67. The van der Waals surface area contributed by atoms with Crippen molar-refractivity contribution in [3.8, 4) is 0 Å². The molecule has 1 saturated heterocycles. The molecular formula is C22H22N6O3. The molecule has 3 aromatic rings. The lowest BCUT2D eigenvalue weighted by Crippen LogP contribution is -2.46. The summed E-state index contributed by atoms with van der Waals surface area (Å²) in [5, 5.41) is 13.9. The second-order valence-electron chi connectivity index (χ2n) is 7.23. The van der Waals surface area contributed by atoms with Gasteiger partial charge in [-0.15, -0.1) is 0 Å². The molecule has 0 aliphatic carbocycles. The van der Waals surface area contributed by atoms with Gasteiger partial charge in [-0.2, -0.15) is 0 Å². The van der Waals surface area contributed by atoms with Gasteiger partial charge in [-0.25, -0.2) is 9.97 Å². The Morgan fingerprint density at radius 2 is 1.71 bits per heavy atom. The van der Waals surface area contributed by atoms with Gasteiger partial charge < -0.3 is 15.1 Å². The van der Waals surface area contributed by atoms with Crippen LogP contribution in [0.25, 0.3) is 0 Å². The molecule has 0 bridgehead atoms. The predicted octanol–water partition coefficient (Wildman–Crippen LogP) is 3.27. The van der Waals surface area contributed by atoms with Gasteiger partial charge in [0.25, 0.3) is 11.6 Å². The van der Waals surface area contributed by atoms with E-state index < -0.39 is 10.8 Å². The Morgan fingerprint density at radius 1 is 1.00 bits per heavy atom. The number of para-hydroxylation sites is 1. The van der Waals surface area contributed by atoms with Gasteiger partial charge in [0.1, 0.15) is 18.0 Å². The number of carbonyl (C=O) groups is 1. The zero-order valence-electron chi connectivity index (χ0n) is 17.1. The molecule has 1 N–H and O–H groups in total. The van der Waals surface area contributed by atoms with E-state index in [2.05, 4.69) is 37.2 Å². The Labute approximate surface area is 179 Å². The molecule has 0 radical (unpaired) electrons. The number of piperazine rings is 1. The number of nitro groups is 1. The lowest BCUT2D eigenvalue weighted by molar-refractivity contribution is -0.385. The van der Waals surface area contributed by atoms with Crippen LogP contribution in [0.3, 0.4) is 0 Å². The van der Waals surface area contributed by atoms with Crippen molar-refractivity contribution < 1.29 is 9.72 Å². The van der Waals surface area contributed by atoms with Gasteiger partial charge in [-0.3, -0.25) is 14.9 Å². The Balaban J connectivity index is 1.44. The molecule has 31 heavy (non-hydrogen) atoms. The number of hydrogen-bond acceptors (Lipinski definition) is 7. The zero-order chi connectivity index (χ0) is 21.8. The molecule has 1 aliphatic rings. The van der Waals surface area contributed by atoms with Crippen molar-refractivity contribution in [2.24, 2.45) is 0 Å². The van der Waals surface area contributed by atoms with Crippen molar-refractivity contribution in [1.82, 2.24) is 9.97 Å². The smallest absolute Gasteiger partial charge is 0.273 e. The maximum Gasteiger partial charge on any atom is 0.273 e. The molecule has 1 fully saturated rings. The Kier molecular flexibility index (Phi) is 5.74. The lowest BCUT2D eigenvalue weighted by Gasteiger charge is -2.36. The van der Waals surface area contributed by atoms with E-state index in [0.29, 0.717) is 11.4 Å². The zero-order valence-corrected chi connectivity index (χ0v) is 17.1. The summed E-state index contributed by atoms with van der Waals surface area (Å²) < 4.78 is 0. The molecular weight excluding hydrogens is 396 g/mol. The van der Waals surface area contributed by atoms with Crippen LogP contribution in [-0.4, -0.2) is 47.0 Å². The normalized spacial score (nSPS) is 13.7. The quantitative estimate of drug-likeness (QED) is 0.501. The third-order valence-electron chi connectivity index (χ3n) is 5.37. The topological polar surface area (TPSA) is 104 Å². The number of hydrogen-bond donors (Lipinski definition) is 1. The first-order valence-electron chi connectivity index (χ1n) is 9.95. The number of benzene rings is 2. The van der Waals surface area contributed by atoms with Crippen LogP contribution in [0.2, 0.25) is 0 Å². The molecule has 0 unspecified atom stereocenters. The highest BCUT2D eigenvalue weighted by Gasteiger charge is 2.21. The van der Waals surface area contributed by atoms with Gasteiger partial charge in [0, 0.05) is 55.1 Å². The van der Waals surface area contributed by atoms with E-state index in [1.807, 2.05) is 18.2 Å². The first-order chi connectivity index (χ1) is 15.0. The van der Waals surface area contributed by atoms with E-state index in [4.69, 9.17) is 0 Å². The summed E-state index contributed by atoms with van der Waals surface area (Å²) >= 11 is 0. The number of nitro benzene ring substituents is 1. The molecule has 1 aromatic heterocycles. The highest BCUT2D eigenvalue weighted by Crippen LogP contribution is 2.23. The third kappa shape index (κ3) is 4.45. The van der Waals surface area contributed by atoms with E-state index in [1.165, 1.54) is 24.1 Å². The molecule has 1 amide bonds. The minimum atomic E-state index is -0.496. The highest BCUT2D eigenvalue weighted by molar-refractivity contribution is 6.05. The van der Waals surface area contributed by atoms with E-state index in [0.717, 1.165) is 32.0 Å². The maximum atomic E-state index is 12.7. The van der Waals surface area contributed by atoms with E-state index in [1.54, 1.807) is 19.1 Å². The first-order valence-corrected chi connectivity index (χ1v) is 9.95. The number of amides is 1. The van der Waals surface area contributed by atoms with Gasteiger partial charge in [-0.05, 0) is 25.1 Å². The summed E-state index contributed by atoms with van der Waals surface area (Å²) in [4.78, 5) is 36.3. The van der Waals surface area contributed by atoms with Crippen LogP contribution >= 0.6 is 0 Å². The van der Waals surface area contributed by atoms with Crippen molar-refractivity contribution in [3.05, 3.63) is 82.2 Å². The molecule has 9 nitrogen and oxygen atoms in total. The third-order valence-corrected chi connectivity index (χ3v) is 5.37. The van der Waals surface area contributed by atoms with Gasteiger partial charge in [0.15, 0.2) is 0 Å². The average Bonchev–Trinajstić information content (AvgIpc) is 2.80. The summed E-state index contributed by atoms with van der Waals surface area (Å²) in [5.41, 5.74) is 1.67. The molecule has 0 atom stereocenters. The molecule has 2 heterocycles. The average molecular weight is 418 g/mol. The number of nitrogens with one attached hydrogen (secondary N) is 1. The summed E-state index contributed by atoms with van der Waals surface area (Å²) in [6.45, 7) is 4.88. The summed E-state index contributed by atoms with van der Waals surface area (Å²) in [6.07, 6.45) is 1.41. The highest BCUT2D eigenvalue weighted by atomic mass is 16.6. The molecule has 1 aliphatic heterocycles. The second-order valence-corrected chi connectivity index (χ2v) is 7.23. The van der Waals surface area contributed by atoms with Crippen LogP contribution in [0.15, 0.2) is 60.9 Å². The van der Waals surface area contributed by atoms with Gasteiger partial charge in [0.05, 0.1) is 4.92 Å². The molecule has 2 aromatic carbocycles. The number of anilines is 3. The number of rotatable bonds is 5. The fraction of sp³-hybridized carbons (Fsp3) is 0.227. The van der Waals surface area contributed by atoms with Crippen LogP contribution in [0.5, 0.6) is 0 Å². The van der Waals surface area contributed by atoms with Crippen LogP contribution in [0.4, 0.5) is 23.0 Å². The molecule has 0 spiro atoms. The Bertz CT molecular complexity index is 1100. The van der Waals surface area contributed by atoms with Crippen LogP contribution in [0.1, 0.15) is 15.9 Å². The Hall–Kier alpha value is -4.01. The predicted molar refractivity (Wildman–Crippen MR) is 119 cm³/mol. The van der Waals surface area contributed by atoms with Gasteiger partial charge >= 0.3 is 0 Å². The Morgan fingerprint density at radius 3 is 2.42 bits per heavy atom. The van der Waals surface area contributed by atoms with Crippen LogP contribution in [0, 0.1) is 17.0 Å². The first kappa shape index (κ1) is 20.3. The van der Waals surface area contributed by atoms with E-state index in [-0.39, 0.29) is 11.3 Å². The van der Waals surface area contributed by atoms with E-state index in [9.17, 15) is 14.9 Å². The molecule has 0 saturated carbocycles. The number of aromatic nitrogens is 2. The number of carbonyl (C=O) groups excluding carboxylic acids is 1. The van der Waals surface area contributed by atoms with Crippen molar-refractivity contribution in [2.75, 3.05) is 41.3 Å². The molecule has 158 valence electrons. The molecule has 9 heteroatoms. The van der Waals surface area contributed by atoms with Crippen molar-refractivity contribution in [3.63, 3.8) is 0 Å². The van der Waals surface area contributed by atoms with Crippen molar-refractivity contribution in [1.29, 1.82) is 0 Å². The van der Waals surface area contributed by atoms with E-state index >= 15 is 0 Å². The van der Waals surface area contributed by atoms with Crippen LogP contribution < -0.4 is 15.1 Å². The summed E-state index contributed by atoms with van der Waals surface area (Å²) in [7, 11) is 0. The van der Waals surface area contributed by atoms with Crippen LogP contribution in [-0.2, 0) is 0 Å². The monoisotopic (exact) mass is 418 g/mol. The van der Waals surface area contributed by atoms with Gasteiger partial charge in [0.2, 0.25) is 0 Å². The van der Waals surface area contributed by atoms with Crippen molar-refractivity contribution >= 4 is 28.9 Å². The molecule has 4 rings (SSSR count). The minimum absolute atomic E-state index is 0.0905. The fourth-order valence-corrected chi connectivity index (χ4v) is 3.67. The summed E-state index contributed by atoms with van der Waals surface area (Å²) in [6, 6.07) is 16.4. The second kappa shape index (κ2) is 8.78. The number of nitrogens with zero attached hydrogens (tertiary/aromatic N) is 5.